The van der Waals surface area contributed by atoms with Gasteiger partial charge in [-0.05, 0) is 49.3 Å². The largest absolute Gasteiger partial charge is 0.330 e. The first-order chi connectivity index (χ1) is 6.16. The molecule has 3 N–H and O–H groups in total. The molecule has 1 aliphatic heterocycles. The van der Waals surface area contributed by atoms with Crippen LogP contribution in [-0.2, 0) is 0 Å². The van der Waals surface area contributed by atoms with E-state index in [2.05, 4.69) is 42.1 Å². The van der Waals surface area contributed by atoms with Crippen molar-refractivity contribution >= 4 is 28.7 Å². The maximum Gasteiger partial charge on any atom is 0.189 e. The lowest BCUT2D eigenvalue weighted by atomic mass is 10.1. The van der Waals surface area contributed by atoms with Gasteiger partial charge in [0.15, 0.2) is 5.11 Å². The predicted octanol–water partition coefficient (Wildman–Crippen LogP) is 1.93. The molecule has 3 nitrogen and oxygen atoms in total. The van der Waals surface area contributed by atoms with Crippen molar-refractivity contribution in [1.82, 2.24) is 5.43 Å². The smallest absolute Gasteiger partial charge is 0.189 e. The van der Waals surface area contributed by atoms with Crippen LogP contribution < -0.4 is 16.2 Å². The lowest BCUT2D eigenvalue weighted by Crippen LogP contribution is -2.37. The average Bonchev–Trinajstić information content (AvgIpc) is 2.08. The normalized spacial score (nSPS) is 13.8. The number of anilines is 2. The second kappa shape index (κ2) is 2.88. The Labute approximate surface area is 82.5 Å². The van der Waals surface area contributed by atoms with Gasteiger partial charge in [-0.3, -0.25) is 10.9 Å². The Kier molecular flexibility index (Phi) is 1.84. The van der Waals surface area contributed by atoms with E-state index in [0.717, 1.165) is 11.4 Å². The van der Waals surface area contributed by atoms with Crippen molar-refractivity contribution in [3.05, 3.63) is 23.3 Å². The summed E-state index contributed by atoms with van der Waals surface area (Å²) < 4.78 is 0. The summed E-state index contributed by atoms with van der Waals surface area (Å²) in [5.41, 5.74) is 10.5. The van der Waals surface area contributed by atoms with E-state index >= 15 is 0 Å². The Morgan fingerprint density at radius 2 is 1.62 bits per heavy atom. The SMILES string of the molecule is Cc1cc2c(cc1C)NC(=S)NN2. The van der Waals surface area contributed by atoms with Crippen molar-refractivity contribution in [2.45, 2.75) is 13.8 Å². The molecule has 1 heterocycles. The van der Waals surface area contributed by atoms with E-state index in [1.807, 2.05) is 0 Å². The van der Waals surface area contributed by atoms with Crippen LogP contribution in [0.3, 0.4) is 0 Å². The topological polar surface area (TPSA) is 36.1 Å². The zero-order valence-corrected chi connectivity index (χ0v) is 8.38. The molecule has 0 amide bonds. The molecular weight excluding hydrogens is 182 g/mol. The van der Waals surface area contributed by atoms with Crippen molar-refractivity contribution < 1.29 is 0 Å². The summed E-state index contributed by atoms with van der Waals surface area (Å²) in [6.45, 7) is 4.17. The number of aryl methyl sites for hydroxylation is 2. The van der Waals surface area contributed by atoms with Gasteiger partial charge in [-0.1, -0.05) is 0 Å². The van der Waals surface area contributed by atoms with Crippen LogP contribution in [0.15, 0.2) is 12.1 Å². The molecule has 1 aliphatic rings. The second-order valence-corrected chi connectivity index (χ2v) is 3.59. The van der Waals surface area contributed by atoms with Crippen molar-refractivity contribution in [3.8, 4) is 0 Å². The van der Waals surface area contributed by atoms with E-state index in [0.29, 0.717) is 5.11 Å². The van der Waals surface area contributed by atoms with Crippen LogP contribution in [0, 0.1) is 13.8 Å². The molecule has 0 saturated carbocycles. The zero-order valence-electron chi connectivity index (χ0n) is 7.56. The third-order valence-electron chi connectivity index (χ3n) is 2.19. The number of fused-ring (bicyclic) bond motifs is 1. The van der Waals surface area contributed by atoms with Crippen LogP contribution in [0.2, 0.25) is 0 Å². The van der Waals surface area contributed by atoms with Crippen LogP contribution in [-0.4, -0.2) is 5.11 Å². The summed E-state index contributed by atoms with van der Waals surface area (Å²) in [7, 11) is 0. The Morgan fingerprint density at radius 3 is 2.31 bits per heavy atom. The van der Waals surface area contributed by atoms with Gasteiger partial charge >= 0.3 is 0 Å². The summed E-state index contributed by atoms with van der Waals surface area (Å²) in [6.07, 6.45) is 0. The van der Waals surface area contributed by atoms with Crippen LogP contribution in [0.4, 0.5) is 11.4 Å². The fraction of sp³-hybridized carbons (Fsp3) is 0.222. The van der Waals surface area contributed by atoms with E-state index in [9.17, 15) is 0 Å². The molecule has 0 unspecified atom stereocenters. The highest BCUT2D eigenvalue weighted by atomic mass is 32.1. The zero-order chi connectivity index (χ0) is 9.42. The van der Waals surface area contributed by atoms with Gasteiger partial charge in [0.1, 0.15) is 0 Å². The summed E-state index contributed by atoms with van der Waals surface area (Å²) in [4.78, 5) is 0. The maximum absolute atomic E-state index is 4.97. The number of hydrazine groups is 1. The third kappa shape index (κ3) is 1.45. The minimum absolute atomic E-state index is 0.607. The summed E-state index contributed by atoms with van der Waals surface area (Å²) in [5.74, 6) is 0. The Balaban J connectivity index is 2.49. The van der Waals surface area contributed by atoms with Crippen molar-refractivity contribution in [2.75, 3.05) is 10.7 Å². The first-order valence-electron chi connectivity index (χ1n) is 4.11. The minimum Gasteiger partial charge on any atom is -0.330 e. The van der Waals surface area contributed by atoms with Crippen LogP contribution in [0.1, 0.15) is 11.1 Å². The van der Waals surface area contributed by atoms with Gasteiger partial charge in [-0.25, -0.2) is 0 Å². The molecule has 0 saturated heterocycles. The first kappa shape index (κ1) is 8.31. The van der Waals surface area contributed by atoms with E-state index in [1.165, 1.54) is 11.1 Å². The fourth-order valence-electron chi connectivity index (χ4n) is 1.30. The fourth-order valence-corrected chi connectivity index (χ4v) is 1.46. The van der Waals surface area contributed by atoms with Crippen molar-refractivity contribution in [1.29, 1.82) is 0 Å². The molecule has 13 heavy (non-hydrogen) atoms. The standard InChI is InChI=1S/C9H11N3S/c1-5-3-7-8(4-6(5)2)11-12-9(13)10-7/h3-4,11H,1-2H3,(H2,10,12,13). The maximum atomic E-state index is 4.97. The summed E-state index contributed by atoms with van der Waals surface area (Å²) in [5, 5.41) is 3.69. The summed E-state index contributed by atoms with van der Waals surface area (Å²) in [6, 6.07) is 4.18. The minimum atomic E-state index is 0.607. The predicted molar refractivity (Wildman–Crippen MR) is 58.9 cm³/mol. The Bertz CT molecular complexity index is 373. The number of nitrogens with one attached hydrogen (secondary N) is 3. The Morgan fingerprint density at radius 1 is 1.00 bits per heavy atom. The lowest BCUT2D eigenvalue weighted by Gasteiger charge is -2.23. The molecule has 4 heteroatoms. The number of hydrogen-bond acceptors (Lipinski definition) is 2. The lowest BCUT2D eigenvalue weighted by molar-refractivity contribution is 1.11. The van der Waals surface area contributed by atoms with Gasteiger partial charge in [-0.2, -0.15) is 0 Å². The van der Waals surface area contributed by atoms with Crippen LogP contribution in [0.5, 0.6) is 0 Å². The second-order valence-electron chi connectivity index (χ2n) is 3.19. The first-order valence-corrected chi connectivity index (χ1v) is 4.52. The van der Waals surface area contributed by atoms with Gasteiger partial charge in [0, 0.05) is 0 Å². The van der Waals surface area contributed by atoms with Gasteiger partial charge in [0.25, 0.3) is 0 Å². The molecule has 0 aromatic heterocycles. The highest BCUT2D eigenvalue weighted by Gasteiger charge is 2.11. The van der Waals surface area contributed by atoms with Gasteiger partial charge in [0.2, 0.25) is 0 Å². The molecule has 1 aromatic carbocycles. The van der Waals surface area contributed by atoms with Crippen LogP contribution >= 0.6 is 12.2 Å². The number of rotatable bonds is 0. The number of hydrogen-bond donors (Lipinski definition) is 3. The van der Waals surface area contributed by atoms with E-state index < -0.39 is 0 Å². The van der Waals surface area contributed by atoms with Gasteiger partial charge in [-0.15, -0.1) is 0 Å². The highest BCUT2D eigenvalue weighted by molar-refractivity contribution is 7.80. The average molecular weight is 193 g/mol. The summed E-state index contributed by atoms with van der Waals surface area (Å²) >= 11 is 4.97. The van der Waals surface area contributed by atoms with Crippen LogP contribution in [0.25, 0.3) is 0 Å². The molecule has 0 bridgehead atoms. The monoisotopic (exact) mass is 193 g/mol. The van der Waals surface area contributed by atoms with Crippen molar-refractivity contribution in [2.24, 2.45) is 0 Å². The molecule has 0 fully saturated rings. The third-order valence-corrected chi connectivity index (χ3v) is 2.40. The molecule has 68 valence electrons. The number of thiocarbonyl (C=S) groups is 1. The van der Waals surface area contributed by atoms with E-state index in [4.69, 9.17) is 12.2 Å². The molecule has 0 aliphatic carbocycles. The van der Waals surface area contributed by atoms with Crippen molar-refractivity contribution in [3.63, 3.8) is 0 Å². The molecule has 0 radical (unpaired) electrons. The highest BCUT2D eigenvalue weighted by Crippen LogP contribution is 2.26. The molecule has 0 spiro atoms. The number of benzene rings is 1. The molecule has 2 rings (SSSR count). The molecular formula is C9H11N3S. The quantitative estimate of drug-likeness (QED) is 0.550. The van der Waals surface area contributed by atoms with Gasteiger partial charge < -0.3 is 5.32 Å². The Hall–Kier alpha value is -1.29. The van der Waals surface area contributed by atoms with Gasteiger partial charge in [0.05, 0.1) is 11.4 Å². The van der Waals surface area contributed by atoms with E-state index in [1.54, 1.807) is 0 Å². The molecule has 0 atom stereocenters. The molecule has 1 aromatic rings. The van der Waals surface area contributed by atoms with E-state index in [-0.39, 0.29) is 0 Å².